The van der Waals surface area contributed by atoms with Crippen molar-refractivity contribution in [3.63, 3.8) is 0 Å². The zero-order chi connectivity index (χ0) is 16.4. The lowest BCUT2D eigenvalue weighted by atomic mass is 9.91. The smallest absolute Gasteiger partial charge is 0.211 e. The zero-order valence-electron chi connectivity index (χ0n) is 13.6. The van der Waals surface area contributed by atoms with E-state index < -0.39 is 10.0 Å². The molecule has 6 nitrogen and oxygen atoms in total. The largest absolute Gasteiger partial charge is 0.309 e. The van der Waals surface area contributed by atoms with Gasteiger partial charge in [-0.2, -0.15) is 5.10 Å². The second-order valence-corrected chi connectivity index (χ2v) is 8.25. The second-order valence-electron chi connectivity index (χ2n) is 6.27. The fourth-order valence-corrected chi connectivity index (χ4v) is 4.25. The lowest BCUT2D eigenvalue weighted by Gasteiger charge is -2.37. The van der Waals surface area contributed by atoms with Gasteiger partial charge < -0.3 is 5.32 Å². The molecule has 1 aliphatic rings. The molecule has 2 aromatic rings. The Kier molecular flexibility index (Phi) is 4.70. The summed E-state index contributed by atoms with van der Waals surface area (Å²) < 4.78 is 27.0. The Labute approximate surface area is 137 Å². The number of hydrogen-bond donors (Lipinski definition) is 1. The van der Waals surface area contributed by atoms with Crippen molar-refractivity contribution in [3.8, 4) is 0 Å². The third-order valence-corrected chi connectivity index (χ3v) is 6.02. The summed E-state index contributed by atoms with van der Waals surface area (Å²) in [6, 6.07) is 6.38. The maximum Gasteiger partial charge on any atom is 0.211 e. The van der Waals surface area contributed by atoms with Gasteiger partial charge in [-0.15, -0.1) is 0 Å². The van der Waals surface area contributed by atoms with E-state index in [1.807, 2.05) is 29.0 Å². The molecule has 1 aliphatic heterocycles. The molecule has 0 spiro atoms. The SMILES string of the molecule is CCC1CN(S(C)(=O)=O)CCC1NCc1cnn2ccccc12. The fraction of sp³-hybridized carbons (Fsp3) is 0.562. The molecule has 3 heterocycles. The van der Waals surface area contributed by atoms with Crippen molar-refractivity contribution in [2.45, 2.75) is 32.4 Å². The van der Waals surface area contributed by atoms with E-state index in [1.165, 1.54) is 11.8 Å². The molecule has 2 unspecified atom stereocenters. The average Bonchev–Trinajstić information content (AvgIpc) is 2.95. The number of sulfonamides is 1. The lowest BCUT2D eigenvalue weighted by molar-refractivity contribution is 0.202. The van der Waals surface area contributed by atoms with E-state index in [1.54, 1.807) is 4.31 Å². The summed E-state index contributed by atoms with van der Waals surface area (Å²) in [4.78, 5) is 0. The molecule has 1 fully saturated rings. The molecule has 23 heavy (non-hydrogen) atoms. The topological polar surface area (TPSA) is 66.7 Å². The molecular formula is C16H24N4O2S. The van der Waals surface area contributed by atoms with Gasteiger partial charge >= 0.3 is 0 Å². The minimum Gasteiger partial charge on any atom is -0.309 e. The van der Waals surface area contributed by atoms with Crippen molar-refractivity contribution in [1.29, 1.82) is 0 Å². The molecule has 7 heteroatoms. The molecule has 126 valence electrons. The van der Waals surface area contributed by atoms with Crippen molar-refractivity contribution in [1.82, 2.24) is 19.2 Å². The number of nitrogens with one attached hydrogen (secondary N) is 1. The van der Waals surface area contributed by atoms with Gasteiger partial charge in [0.1, 0.15) is 0 Å². The van der Waals surface area contributed by atoms with Gasteiger partial charge in [-0.25, -0.2) is 17.2 Å². The van der Waals surface area contributed by atoms with Crippen LogP contribution in [0.15, 0.2) is 30.6 Å². The molecule has 0 aliphatic carbocycles. The number of aromatic nitrogens is 2. The maximum absolute atomic E-state index is 11.7. The molecule has 0 bridgehead atoms. The Morgan fingerprint density at radius 3 is 2.96 bits per heavy atom. The first-order valence-electron chi connectivity index (χ1n) is 8.08. The highest BCUT2D eigenvalue weighted by Gasteiger charge is 2.31. The minimum absolute atomic E-state index is 0.344. The van der Waals surface area contributed by atoms with Gasteiger partial charge in [-0.05, 0) is 24.5 Å². The van der Waals surface area contributed by atoms with Crippen molar-refractivity contribution in [2.75, 3.05) is 19.3 Å². The quantitative estimate of drug-likeness (QED) is 0.898. The van der Waals surface area contributed by atoms with Crippen LogP contribution in [0.5, 0.6) is 0 Å². The van der Waals surface area contributed by atoms with Gasteiger partial charge in [0.2, 0.25) is 10.0 Å². The molecule has 0 saturated carbocycles. The molecule has 2 aromatic heterocycles. The number of hydrogen-bond acceptors (Lipinski definition) is 4. The van der Waals surface area contributed by atoms with Crippen LogP contribution >= 0.6 is 0 Å². The van der Waals surface area contributed by atoms with Crippen LogP contribution in [0.4, 0.5) is 0 Å². The van der Waals surface area contributed by atoms with E-state index in [0.29, 0.717) is 25.0 Å². The van der Waals surface area contributed by atoms with Crippen LogP contribution in [0.1, 0.15) is 25.3 Å². The summed E-state index contributed by atoms with van der Waals surface area (Å²) in [7, 11) is -3.09. The third-order valence-electron chi connectivity index (χ3n) is 4.75. The Hall–Kier alpha value is -1.44. The molecule has 1 N–H and O–H groups in total. The van der Waals surface area contributed by atoms with E-state index in [2.05, 4.69) is 23.4 Å². The van der Waals surface area contributed by atoms with Crippen LogP contribution in [0.2, 0.25) is 0 Å². The summed E-state index contributed by atoms with van der Waals surface area (Å²) in [6.45, 7) is 4.09. The first-order chi connectivity index (χ1) is 11.0. The first-order valence-corrected chi connectivity index (χ1v) is 9.93. The molecule has 1 saturated heterocycles. The van der Waals surface area contributed by atoms with E-state index in [4.69, 9.17) is 0 Å². The van der Waals surface area contributed by atoms with Crippen LogP contribution in [-0.4, -0.2) is 47.7 Å². The van der Waals surface area contributed by atoms with E-state index in [0.717, 1.165) is 24.9 Å². The van der Waals surface area contributed by atoms with Gasteiger partial charge in [0.25, 0.3) is 0 Å². The normalized spacial score (nSPS) is 23.4. The molecule has 0 amide bonds. The Bertz CT molecular complexity index is 771. The maximum atomic E-state index is 11.7. The molecule has 0 aromatic carbocycles. The molecule has 0 radical (unpaired) electrons. The lowest BCUT2D eigenvalue weighted by Crippen LogP contribution is -2.50. The van der Waals surface area contributed by atoms with Gasteiger partial charge in [0.15, 0.2) is 0 Å². The van der Waals surface area contributed by atoms with E-state index >= 15 is 0 Å². The summed E-state index contributed by atoms with van der Waals surface area (Å²) in [5.41, 5.74) is 2.28. The van der Waals surface area contributed by atoms with Crippen LogP contribution in [0.25, 0.3) is 5.52 Å². The van der Waals surface area contributed by atoms with Crippen molar-refractivity contribution in [2.24, 2.45) is 5.92 Å². The third kappa shape index (κ3) is 3.57. The standard InChI is InChI=1S/C16H24N4O2S/c1-3-13-12-19(23(2,21)22)9-7-15(13)17-10-14-11-18-20-8-5-4-6-16(14)20/h4-6,8,11,13,15,17H,3,7,9-10,12H2,1-2H3. The summed E-state index contributed by atoms with van der Waals surface area (Å²) in [6.07, 6.45) is 6.96. The summed E-state index contributed by atoms with van der Waals surface area (Å²) >= 11 is 0. The first kappa shape index (κ1) is 16.4. The minimum atomic E-state index is -3.09. The van der Waals surface area contributed by atoms with Crippen LogP contribution in [0.3, 0.4) is 0 Å². The predicted octanol–water partition coefficient (Wildman–Crippen LogP) is 1.48. The Morgan fingerprint density at radius 2 is 2.22 bits per heavy atom. The monoisotopic (exact) mass is 336 g/mol. The average molecular weight is 336 g/mol. The summed E-state index contributed by atoms with van der Waals surface area (Å²) in [5, 5.41) is 7.97. The number of fused-ring (bicyclic) bond motifs is 1. The predicted molar refractivity (Wildman–Crippen MR) is 90.6 cm³/mol. The zero-order valence-corrected chi connectivity index (χ0v) is 14.5. The highest BCUT2D eigenvalue weighted by Crippen LogP contribution is 2.22. The van der Waals surface area contributed by atoms with Crippen molar-refractivity contribution in [3.05, 3.63) is 36.2 Å². The van der Waals surface area contributed by atoms with E-state index in [-0.39, 0.29) is 0 Å². The van der Waals surface area contributed by atoms with Gasteiger partial charge in [-0.1, -0.05) is 19.4 Å². The van der Waals surface area contributed by atoms with Crippen molar-refractivity contribution >= 4 is 15.5 Å². The van der Waals surface area contributed by atoms with Crippen molar-refractivity contribution < 1.29 is 8.42 Å². The summed E-state index contributed by atoms with van der Waals surface area (Å²) in [5.74, 6) is 0.348. The number of nitrogens with zero attached hydrogens (tertiary/aromatic N) is 3. The number of piperidine rings is 1. The highest BCUT2D eigenvalue weighted by molar-refractivity contribution is 7.88. The Balaban J connectivity index is 1.66. The highest BCUT2D eigenvalue weighted by atomic mass is 32.2. The van der Waals surface area contributed by atoms with E-state index in [9.17, 15) is 8.42 Å². The molecule has 2 atom stereocenters. The van der Waals surface area contributed by atoms with Gasteiger partial charge in [0, 0.05) is 37.4 Å². The second kappa shape index (κ2) is 6.59. The fourth-order valence-electron chi connectivity index (χ4n) is 3.35. The van der Waals surface area contributed by atoms with Gasteiger partial charge in [0.05, 0.1) is 18.0 Å². The molecule has 3 rings (SSSR count). The Morgan fingerprint density at radius 1 is 1.39 bits per heavy atom. The van der Waals surface area contributed by atoms with Crippen LogP contribution in [-0.2, 0) is 16.6 Å². The molecular weight excluding hydrogens is 312 g/mol. The number of rotatable bonds is 5. The van der Waals surface area contributed by atoms with Crippen LogP contribution < -0.4 is 5.32 Å². The number of pyridine rings is 1. The van der Waals surface area contributed by atoms with Crippen LogP contribution in [0, 0.1) is 5.92 Å². The van der Waals surface area contributed by atoms with Gasteiger partial charge in [-0.3, -0.25) is 0 Å².